The molecular formula is C18H15Cl2N3O3. The molecule has 2 aromatic carbocycles. The molecule has 0 spiro atoms. The third kappa shape index (κ3) is 4.47. The van der Waals surface area contributed by atoms with Gasteiger partial charge in [0, 0.05) is 11.9 Å². The van der Waals surface area contributed by atoms with Gasteiger partial charge in [-0.3, -0.25) is 4.79 Å². The molecular weight excluding hydrogens is 377 g/mol. The van der Waals surface area contributed by atoms with Crippen LogP contribution in [-0.4, -0.2) is 22.8 Å². The number of nitrogens with one attached hydrogen (secondary N) is 1. The number of anilines is 1. The molecule has 0 aliphatic rings. The molecule has 3 aromatic rings. The lowest BCUT2D eigenvalue weighted by atomic mass is 10.3. The van der Waals surface area contributed by atoms with Gasteiger partial charge in [0.15, 0.2) is 12.4 Å². The number of carbonyl (C=O) groups excluding carboxylic acids is 1. The number of benzene rings is 2. The van der Waals surface area contributed by atoms with E-state index >= 15 is 0 Å². The number of carbonyl (C=O) groups is 1. The maximum atomic E-state index is 12.3. The van der Waals surface area contributed by atoms with Gasteiger partial charge in [-0.25, -0.2) is 4.68 Å². The first-order chi connectivity index (χ1) is 12.5. The summed E-state index contributed by atoms with van der Waals surface area (Å²) in [6, 6.07) is 13.6. The van der Waals surface area contributed by atoms with Crippen LogP contribution >= 0.6 is 23.2 Å². The number of nitrogens with zero attached hydrogens (tertiary/aromatic N) is 2. The van der Waals surface area contributed by atoms with E-state index < -0.39 is 0 Å². The van der Waals surface area contributed by atoms with Crippen molar-refractivity contribution in [2.24, 2.45) is 0 Å². The maximum absolute atomic E-state index is 12.3. The molecule has 0 atom stereocenters. The zero-order chi connectivity index (χ0) is 18.5. The van der Waals surface area contributed by atoms with Crippen LogP contribution in [-0.2, 0) is 6.73 Å². The number of halogens is 2. The molecule has 0 bridgehead atoms. The standard InChI is InChI=1S/C18H15Cl2N3O3/c1-25-13-3-5-14(6-4-13)26-11-23-9-8-17(22-23)18(24)21-12-2-7-15(19)16(20)10-12/h2-10H,11H2,1H3,(H,21,24). The Morgan fingerprint density at radius 2 is 1.81 bits per heavy atom. The molecule has 0 fully saturated rings. The fourth-order valence-corrected chi connectivity index (χ4v) is 2.43. The van der Waals surface area contributed by atoms with Crippen molar-refractivity contribution in [3.8, 4) is 11.5 Å². The lowest BCUT2D eigenvalue weighted by Crippen LogP contribution is -2.14. The first-order valence-electron chi connectivity index (χ1n) is 7.62. The largest absolute Gasteiger partial charge is 0.497 e. The Balaban J connectivity index is 1.59. The number of methoxy groups -OCH3 is 1. The molecule has 1 N–H and O–H groups in total. The molecule has 1 amide bonds. The van der Waals surface area contributed by atoms with Crippen LogP contribution in [0.2, 0.25) is 10.0 Å². The van der Waals surface area contributed by atoms with Crippen LogP contribution in [0.3, 0.4) is 0 Å². The second kappa shape index (κ2) is 8.12. The zero-order valence-electron chi connectivity index (χ0n) is 13.8. The lowest BCUT2D eigenvalue weighted by Gasteiger charge is -2.07. The van der Waals surface area contributed by atoms with E-state index in [1.165, 1.54) is 4.68 Å². The maximum Gasteiger partial charge on any atom is 0.276 e. The van der Waals surface area contributed by atoms with Gasteiger partial charge < -0.3 is 14.8 Å². The second-order valence-corrected chi connectivity index (χ2v) is 6.09. The van der Waals surface area contributed by atoms with Crippen LogP contribution < -0.4 is 14.8 Å². The van der Waals surface area contributed by atoms with Crippen LogP contribution in [0.25, 0.3) is 0 Å². The van der Waals surface area contributed by atoms with E-state index in [0.29, 0.717) is 21.5 Å². The minimum Gasteiger partial charge on any atom is -0.497 e. The molecule has 6 nitrogen and oxygen atoms in total. The summed E-state index contributed by atoms with van der Waals surface area (Å²) in [6.07, 6.45) is 1.66. The number of hydrogen-bond acceptors (Lipinski definition) is 4. The van der Waals surface area contributed by atoms with Crippen molar-refractivity contribution in [1.29, 1.82) is 0 Å². The Morgan fingerprint density at radius 1 is 1.08 bits per heavy atom. The molecule has 0 saturated carbocycles. The topological polar surface area (TPSA) is 65.4 Å². The van der Waals surface area contributed by atoms with Gasteiger partial charge in [0.05, 0.1) is 17.2 Å². The van der Waals surface area contributed by atoms with Crippen molar-refractivity contribution < 1.29 is 14.3 Å². The number of amides is 1. The number of rotatable bonds is 6. The highest BCUT2D eigenvalue weighted by Crippen LogP contribution is 2.25. The summed E-state index contributed by atoms with van der Waals surface area (Å²) in [4.78, 5) is 12.3. The van der Waals surface area contributed by atoms with Gasteiger partial charge in [-0.1, -0.05) is 23.2 Å². The third-order valence-electron chi connectivity index (χ3n) is 3.47. The second-order valence-electron chi connectivity index (χ2n) is 5.27. The van der Waals surface area contributed by atoms with Crippen LogP contribution in [0, 0.1) is 0 Å². The first-order valence-corrected chi connectivity index (χ1v) is 8.37. The summed E-state index contributed by atoms with van der Waals surface area (Å²) in [5.41, 5.74) is 0.794. The smallest absolute Gasteiger partial charge is 0.276 e. The van der Waals surface area contributed by atoms with E-state index in [4.69, 9.17) is 32.7 Å². The van der Waals surface area contributed by atoms with E-state index in [1.807, 2.05) is 0 Å². The quantitative estimate of drug-likeness (QED) is 0.672. The fourth-order valence-electron chi connectivity index (χ4n) is 2.14. The summed E-state index contributed by atoms with van der Waals surface area (Å²) in [6.45, 7) is 0.173. The summed E-state index contributed by atoms with van der Waals surface area (Å²) in [7, 11) is 1.60. The summed E-state index contributed by atoms with van der Waals surface area (Å²) < 4.78 is 12.2. The fraction of sp³-hybridized carbons (Fsp3) is 0.111. The Hall–Kier alpha value is -2.70. The molecule has 134 valence electrons. The van der Waals surface area contributed by atoms with E-state index in [0.717, 1.165) is 5.75 Å². The SMILES string of the molecule is COc1ccc(OCn2ccc(C(=O)Nc3ccc(Cl)c(Cl)c3)n2)cc1. The molecule has 1 heterocycles. The Kier molecular flexibility index (Phi) is 5.65. The molecule has 0 unspecified atom stereocenters. The Bertz CT molecular complexity index is 910. The van der Waals surface area contributed by atoms with Gasteiger partial charge in [0.2, 0.25) is 0 Å². The molecule has 3 rings (SSSR count). The predicted octanol–water partition coefficient (Wildman–Crippen LogP) is 4.49. The lowest BCUT2D eigenvalue weighted by molar-refractivity contribution is 0.102. The highest BCUT2D eigenvalue weighted by atomic mass is 35.5. The summed E-state index contributed by atoms with van der Waals surface area (Å²) in [5.74, 6) is 1.06. The van der Waals surface area contributed by atoms with Crippen LogP contribution in [0.1, 0.15) is 10.5 Å². The van der Waals surface area contributed by atoms with Crippen molar-refractivity contribution in [2.45, 2.75) is 6.73 Å². The van der Waals surface area contributed by atoms with E-state index in [9.17, 15) is 4.79 Å². The van der Waals surface area contributed by atoms with Crippen molar-refractivity contribution in [1.82, 2.24) is 9.78 Å². The van der Waals surface area contributed by atoms with E-state index in [2.05, 4.69) is 10.4 Å². The molecule has 8 heteroatoms. The predicted molar refractivity (Wildman–Crippen MR) is 100 cm³/mol. The molecule has 0 aliphatic carbocycles. The van der Waals surface area contributed by atoms with Gasteiger partial charge >= 0.3 is 0 Å². The first kappa shape index (κ1) is 18.1. The third-order valence-corrected chi connectivity index (χ3v) is 4.21. The van der Waals surface area contributed by atoms with Gasteiger partial charge in [-0.05, 0) is 48.5 Å². The van der Waals surface area contributed by atoms with Gasteiger partial charge in [-0.15, -0.1) is 0 Å². The van der Waals surface area contributed by atoms with Crippen molar-refractivity contribution in [3.63, 3.8) is 0 Å². The van der Waals surface area contributed by atoms with Gasteiger partial charge in [0.1, 0.15) is 11.5 Å². The molecule has 0 aliphatic heterocycles. The highest BCUT2D eigenvalue weighted by molar-refractivity contribution is 6.42. The van der Waals surface area contributed by atoms with Crippen molar-refractivity contribution in [2.75, 3.05) is 12.4 Å². The molecule has 0 saturated heterocycles. The number of ether oxygens (including phenoxy) is 2. The molecule has 26 heavy (non-hydrogen) atoms. The van der Waals surface area contributed by atoms with Gasteiger partial charge in [0.25, 0.3) is 5.91 Å². The average molecular weight is 392 g/mol. The van der Waals surface area contributed by atoms with Crippen LogP contribution in [0.4, 0.5) is 5.69 Å². The summed E-state index contributed by atoms with van der Waals surface area (Å²) in [5, 5.41) is 7.69. The zero-order valence-corrected chi connectivity index (χ0v) is 15.3. The Labute approximate surface area is 160 Å². The summed E-state index contributed by atoms with van der Waals surface area (Å²) >= 11 is 11.8. The normalized spacial score (nSPS) is 10.4. The Morgan fingerprint density at radius 3 is 2.50 bits per heavy atom. The number of aromatic nitrogens is 2. The average Bonchev–Trinajstić information content (AvgIpc) is 3.13. The number of hydrogen-bond donors (Lipinski definition) is 1. The molecule has 1 aromatic heterocycles. The molecule has 0 radical (unpaired) electrons. The van der Waals surface area contributed by atoms with Gasteiger partial charge in [-0.2, -0.15) is 5.10 Å². The van der Waals surface area contributed by atoms with E-state index in [-0.39, 0.29) is 18.3 Å². The van der Waals surface area contributed by atoms with Crippen LogP contribution in [0.5, 0.6) is 11.5 Å². The monoisotopic (exact) mass is 391 g/mol. The van der Waals surface area contributed by atoms with Crippen molar-refractivity contribution >= 4 is 34.8 Å². The highest BCUT2D eigenvalue weighted by Gasteiger charge is 2.11. The van der Waals surface area contributed by atoms with E-state index in [1.54, 1.807) is 61.8 Å². The van der Waals surface area contributed by atoms with Crippen molar-refractivity contribution in [3.05, 3.63) is 70.5 Å². The van der Waals surface area contributed by atoms with Crippen LogP contribution in [0.15, 0.2) is 54.7 Å². The minimum absolute atomic E-state index is 0.173. The minimum atomic E-state index is -0.355.